The summed E-state index contributed by atoms with van der Waals surface area (Å²) in [6, 6.07) is 10.9. The van der Waals surface area contributed by atoms with Crippen LogP contribution in [0.1, 0.15) is 155 Å². The number of cyclic esters (lactones) is 1. The van der Waals surface area contributed by atoms with Crippen molar-refractivity contribution < 1.29 is 34.4 Å². The molecule has 0 amide bonds. The molecule has 13 atom stereocenters. The molecule has 1 aromatic carbocycles. The van der Waals surface area contributed by atoms with Gasteiger partial charge in [0.05, 0.1) is 34.1 Å². The van der Waals surface area contributed by atoms with E-state index in [1.165, 1.54) is 12.0 Å². The van der Waals surface area contributed by atoms with Gasteiger partial charge in [0.1, 0.15) is 12.7 Å². The summed E-state index contributed by atoms with van der Waals surface area (Å²) >= 11 is 0. The minimum Gasteiger partial charge on any atom is -0.462 e. The van der Waals surface area contributed by atoms with E-state index < -0.39 is 51.5 Å². The molecule has 4 saturated carbocycles. The van der Waals surface area contributed by atoms with Gasteiger partial charge in [-0.15, -0.1) is 5.92 Å². The average Bonchev–Trinajstić information content (AvgIpc) is 3.71. The third kappa shape index (κ3) is 7.58. The molecule has 3 N–H and O–H groups in total. The molecule has 1 aromatic rings. The largest absolute Gasteiger partial charge is 0.462 e. The van der Waals surface area contributed by atoms with Gasteiger partial charge in [0.25, 0.3) is 0 Å². The molecule has 0 radical (unpaired) electrons. The van der Waals surface area contributed by atoms with Gasteiger partial charge >= 0.3 is 11.9 Å². The van der Waals surface area contributed by atoms with Crippen LogP contribution < -0.4 is 0 Å². The van der Waals surface area contributed by atoms with Gasteiger partial charge in [0.15, 0.2) is 0 Å². The molecule has 0 unspecified atom stereocenters. The highest BCUT2D eigenvalue weighted by Gasteiger charge is 2.78. The molecule has 0 aromatic heterocycles. The number of carbonyl (C=O) groups excluding carboxylic acids is 2. The number of carbonyl (C=O) groups is 2. The summed E-state index contributed by atoms with van der Waals surface area (Å²) < 4.78 is 12.7. The van der Waals surface area contributed by atoms with E-state index >= 15 is 4.79 Å². The molecule has 4 aliphatic carbocycles. The third-order valence-corrected chi connectivity index (χ3v) is 21.8. The van der Waals surface area contributed by atoms with Gasteiger partial charge in [-0.1, -0.05) is 104 Å². The van der Waals surface area contributed by atoms with E-state index in [4.69, 9.17) is 9.47 Å². The Morgan fingerprint density at radius 2 is 1.59 bits per heavy atom. The zero-order valence-electron chi connectivity index (χ0n) is 37.1. The number of esters is 2. The number of benzene rings is 1. The Kier molecular flexibility index (Phi) is 12.4. The summed E-state index contributed by atoms with van der Waals surface area (Å²) in [5.41, 5.74) is -3.37. The summed E-state index contributed by atoms with van der Waals surface area (Å²) in [6.45, 7) is 7.04. The number of aliphatic hydroxyl groups is 3. The van der Waals surface area contributed by atoms with Crippen LogP contribution in [0.4, 0.5) is 0 Å². The van der Waals surface area contributed by atoms with Crippen LogP contribution in [0.5, 0.6) is 0 Å². The molecule has 6 bridgehead atoms. The van der Waals surface area contributed by atoms with Gasteiger partial charge in [-0.25, -0.2) is 4.79 Å². The lowest BCUT2D eigenvalue weighted by Gasteiger charge is -2.72. The van der Waals surface area contributed by atoms with Gasteiger partial charge in [0, 0.05) is 35.8 Å². The Hall–Kier alpha value is -1.96. The van der Waals surface area contributed by atoms with Gasteiger partial charge in [0.2, 0.25) is 0 Å². The first kappa shape index (κ1) is 44.3. The molecule has 1 spiro atoms. The SMILES string of the molecule is C[C@]12CC[C@@H](SSC[C@@H](Cc3ccccc3)C1)[C@@H]1CCCC[C@]13CC#C[C@@]1(C)C[C@@H](OC3=O)[C@@H]3[C@@]([C@H](O)CC[C@@]3(C)C3CCCCC3)([C@@H](O)CC2)[C@@]1(O)CCC1=CC(=O)OC1. The number of hydrogen-bond acceptors (Lipinski definition) is 9. The Labute approximate surface area is 373 Å². The van der Waals surface area contributed by atoms with Crippen molar-refractivity contribution in [2.75, 3.05) is 12.4 Å². The lowest BCUT2D eigenvalue weighted by atomic mass is 9.35. The van der Waals surface area contributed by atoms with Gasteiger partial charge in [-0.2, -0.15) is 0 Å². The maximum atomic E-state index is 15.7. The van der Waals surface area contributed by atoms with Crippen LogP contribution in [0, 0.1) is 62.6 Å². The molecular weight excluding hydrogens is 801 g/mol. The standard InChI is InChI=1S/C52H72O7S2/c1-47-25-19-41(61-60-34-37(31-47)29-35-13-6-4-7-14-35)39-17-10-11-23-50(39)24-12-22-48(2)32-40(59-46(50)56)45-49(3,38-15-8-5-9-16-38)27-21-43(54)52(45,42(53)20-26-47)51(48,57)28-18-36-30-44(55)58-33-36/h4,6-7,13-14,30,37-43,45,53-54,57H,5,8-11,15-21,23-29,31-34H2,1-3H3/t37-,39-,40+,41+,42-,43+,45-,47+,48-,49-,50-,51+,52-/m0/s1. The lowest BCUT2D eigenvalue weighted by molar-refractivity contribution is -0.339. The first-order valence-corrected chi connectivity index (χ1v) is 26.6. The van der Waals surface area contributed by atoms with Crippen molar-refractivity contribution in [2.24, 2.45) is 50.7 Å². The molecule has 61 heavy (non-hydrogen) atoms. The quantitative estimate of drug-likeness (QED) is 0.146. The van der Waals surface area contributed by atoms with Crippen molar-refractivity contribution in [3.63, 3.8) is 0 Å². The molecule has 6 fully saturated rings. The number of hydrogen-bond donors (Lipinski definition) is 3. The van der Waals surface area contributed by atoms with E-state index in [1.807, 2.05) is 28.5 Å². The summed E-state index contributed by atoms with van der Waals surface area (Å²) in [5, 5.41) is 41.5. The van der Waals surface area contributed by atoms with Crippen molar-refractivity contribution >= 4 is 33.5 Å². The van der Waals surface area contributed by atoms with Crippen molar-refractivity contribution in [1.29, 1.82) is 0 Å². The minimum absolute atomic E-state index is 0.108. The molecule has 4 aliphatic heterocycles. The third-order valence-electron chi connectivity index (χ3n) is 18.6. The highest BCUT2D eigenvalue weighted by molar-refractivity contribution is 8.76. The lowest BCUT2D eigenvalue weighted by Crippen LogP contribution is -2.79. The highest BCUT2D eigenvalue weighted by Crippen LogP contribution is 2.72. The second-order valence-electron chi connectivity index (χ2n) is 22.1. The Balaban J connectivity index is 1.25. The molecule has 4 heterocycles. The van der Waals surface area contributed by atoms with Gasteiger partial charge < -0.3 is 24.8 Å². The average molecular weight is 873 g/mol. The first-order chi connectivity index (χ1) is 29.3. The van der Waals surface area contributed by atoms with Crippen LogP contribution in [0.2, 0.25) is 0 Å². The van der Waals surface area contributed by atoms with Crippen molar-refractivity contribution in [3.05, 3.63) is 47.5 Å². The fourth-order valence-corrected chi connectivity index (χ4v) is 19.0. The fraction of sp³-hybridized carbons (Fsp3) is 0.769. The number of ether oxygens (including phenoxy) is 2. The maximum absolute atomic E-state index is 15.7. The normalized spacial score (nSPS) is 45.5. The van der Waals surface area contributed by atoms with Crippen molar-refractivity contribution in [1.82, 2.24) is 0 Å². The van der Waals surface area contributed by atoms with Gasteiger partial charge in [-0.3, -0.25) is 4.79 Å². The fourth-order valence-electron chi connectivity index (χ4n) is 15.5. The maximum Gasteiger partial charge on any atom is 0.331 e. The number of rotatable bonds is 6. The highest BCUT2D eigenvalue weighted by atomic mass is 33.1. The van der Waals surface area contributed by atoms with E-state index in [0.29, 0.717) is 43.9 Å². The Morgan fingerprint density at radius 1 is 0.852 bits per heavy atom. The number of fused-ring (bicyclic) bond motifs is 6. The second-order valence-corrected chi connectivity index (χ2v) is 24.8. The topological polar surface area (TPSA) is 113 Å². The van der Waals surface area contributed by atoms with Crippen LogP contribution in [-0.4, -0.2) is 68.8 Å². The minimum atomic E-state index is -1.68. The molecule has 8 aliphatic rings. The summed E-state index contributed by atoms with van der Waals surface area (Å²) in [7, 11) is 4.02. The van der Waals surface area contributed by atoms with Crippen molar-refractivity contribution in [3.8, 4) is 11.8 Å². The molecule has 334 valence electrons. The summed E-state index contributed by atoms with van der Waals surface area (Å²) in [4.78, 5) is 28.1. The molecular formula is C52H72O7S2. The smallest absolute Gasteiger partial charge is 0.331 e. The van der Waals surface area contributed by atoms with Gasteiger partial charge in [-0.05, 0) is 137 Å². The van der Waals surface area contributed by atoms with E-state index in [9.17, 15) is 20.1 Å². The Bertz CT molecular complexity index is 1890. The monoisotopic (exact) mass is 872 g/mol. The zero-order chi connectivity index (χ0) is 42.7. The van der Waals surface area contributed by atoms with Crippen LogP contribution in [0.25, 0.3) is 0 Å². The molecule has 2 saturated heterocycles. The second kappa shape index (κ2) is 17.1. The van der Waals surface area contributed by atoms with E-state index in [-0.39, 0.29) is 41.5 Å². The first-order valence-electron chi connectivity index (χ1n) is 24.2. The summed E-state index contributed by atoms with van der Waals surface area (Å²) in [5.74, 6) is 8.28. The van der Waals surface area contributed by atoms with Crippen LogP contribution in [0.3, 0.4) is 0 Å². The van der Waals surface area contributed by atoms with Crippen LogP contribution in [-0.2, 0) is 25.5 Å². The van der Waals surface area contributed by atoms with E-state index in [1.54, 1.807) is 6.08 Å². The van der Waals surface area contributed by atoms with Crippen LogP contribution >= 0.6 is 21.6 Å². The van der Waals surface area contributed by atoms with E-state index in [2.05, 4.69) is 56.0 Å². The molecule has 9 rings (SSSR count). The number of aliphatic hydroxyl groups excluding tert-OH is 2. The predicted octanol–water partition coefficient (Wildman–Crippen LogP) is 10.2. The predicted molar refractivity (Wildman–Crippen MR) is 243 cm³/mol. The zero-order valence-corrected chi connectivity index (χ0v) is 38.8. The molecule has 9 heteroatoms. The summed E-state index contributed by atoms with van der Waals surface area (Å²) in [6.07, 6.45) is 15.9. The van der Waals surface area contributed by atoms with Crippen LogP contribution in [0.15, 0.2) is 42.0 Å². The molecule has 7 nitrogen and oxygen atoms in total. The Morgan fingerprint density at radius 3 is 2.34 bits per heavy atom. The van der Waals surface area contributed by atoms with E-state index in [0.717, 1.165) is 101 Å². The van der Waals surface area contributed by atoms with Crippen molar-refractivity contribution in [2.45, 2.75) is 185 Å².